The number of nitrogens with one attached hydrogen (secondary N) is 4. The highest BCUT2D eigenvalue weighted by molar-refractivity contribution is 7.89. The Hall–Kier alpha value is -1.68. The summed E-state index contributed by atoms with van der Waals surface area (Å²) in [6.45, 7) is 2.81. The molecule has 0 saturated carbocycles. The average Bonchev–Trinajstić information content (AvgIpc) is 2.49. The Morgan fingerprint density at radius 3 is 2.67 bits per heavy atom. The zero-order chi connectivity index (χ0) is 16.6. The van der Waals surface area contributed by atoms with Gasteiger partial charge in [-0.15, -0.1) is 12.4 Å². The number of benzene rings is 1. The summed E-state index contributed by atoms with van der Waals surface area (Å²) in [5, 5.41) is 3.36. The molecule has 2 unspecified atom stereocenters. The predicted molar refractivity (Wildman–Crippen MR) is 93.2 cm³/mol. The molecular weight excluding hydrogens is 356 g/mol. The highest BCUT2D eigenvalue weighted by Crippen LogP contribution is 2.17. The van der Waals surface area contributed by atoms with Gasteiger partial charge in [0, 0.05) is 12.1 Å². The number of hydrogen-bond donors (Lipinski definition) is 4. The third-order valence-electron chi connectivity index (χ3n) is 4.09. The zero-order valence-electron chi connectivity index (χ0n) is 13.0. The van der Waals surface area contributed by atoms with Crippen LogP contribution in [0.4, 0.5) is 0 Å². The summed E-state index contributed by atoms with van der Waals surface area (Å²) in [5.41, 5.74) is -0.947. The first-order valence-corrected chi connectivity index (χ1v) is 8.87. The van der Waals surface area contributed by atoms with E-state index in [0.29, 0.717) is 5.52 Å². The molecule has 4 N–H and O–H groups in total. The smallest absolute Gasteiger partial charge is 0.313 e. The van der Waals surface area contributed by atoms with Crippen LogP contribution in [0.25, 0.3) is 10.9 Å². The second-order valence-corrected chi connectivity index (χ2v) is 7.44. The summed E-state index contributed by atoms with van der Waals surface area (Å²) < 4.78 is 27.8. The normalized spacial score (nSPS) is 21.4. The molecule has 2 atom stereocenters. The van der Waals surface area contributed by atoms with E-state index >= 15 is 0 Å². The number of piperidine rings is 1. The summed E-state index contributed by atoms with van der Waals surface area (Å²) in [7, 11) is -3.75. The van der Waals surface area contributed by atoms with Crippen molar-refractivity contribution >= 4 is 33.3 Å². The molecule has 0 aliphatic carbocycles. The lowest BCUT2D eigenvalue weighted by molar-refractivity contribution is 0.349. The Labute approximate surface area is 144 Å². The van der Waals surface area contributed by atoms with Gasteiger partial charge in [-0.1, -0.05) is 0 Å². The Morgan fingerprint density at radius 1 is 1.21 bits per heavy atom. The number of fused-ring (bicyclic) bond motifs is 1. The topological polar surface area (TPSA) is 124 Å². The largest absolute Gasteiger partial charge is 0.326 e. The lowest BCUT2D eigenvalue weighted by atomic mass is 10.0. The van der Waals surface area contributed by atoms with Crippen molar-refractivity contribution in [3.63, 3.8) is 0 Å². The van der Waals surface area contributed by atoms with Crippen LogP contribution in [0.1, 0.15) is 19.8 Å². The standard InChI is InChI=1S/C14H18N4O4S.ClH/c1-8-11(3-2-6-15-8)18-23(21,22)9-4-5-12-10(7-9)13(19)17-14(20)16-12;/h4-5,7-8,11,15,18H,2-3,6H2,1H3,(H2,16,17,19,20);1H. The second kappa shape index (κ2) is 7.06. The summed E-state index contributed by atoms with van der Waals surface area (Å²) in [4.78, 5) is 27.6. The summed E-state index contributed by atoms with van der Waals surface area (Å²) in [6.07, 6.45) is 1.66. The second-order valence-electron chi connectivity index (χ2n) is 5.73. The van der Waals surface area contributed by atoms with Crippen molar-refractivity contribution in [3.05, 3.63) is 39.0 Å². The molecular formula is C14H19ClN4O4S. The SMILES string of the molecule is CC1NCCCC1NS(=O)(=O)c1ccc2[nH]c(=O)[nH]c(=O)c2c1.Cl. The van der Waals surface area contributed by atoms with Crippen LogP contribution in [0.15, 0.2) is 32.7 Å². The van der Waals surface area contributed by atoms with E-state index in [1.54, 1.807) is 0 Å². The number of H-pyrrole nitrogens is 2. The molecule has 1 fully saturated rings. The molecule has 1 saturated heterocycles. The first kappa shape index (κ1) is 18.7. The molecule has 0 amide bonds. The molecule has 1 aromatic heterocycles. The molecule has 24 heavy (non-hydrogen) atoms. The minimum Gasteiger partial charge on any atom is -0.313 e. The monoisotopic (exact) mass is 374 g/mol. The van der Waals surface area contributed by atoms with E-state index in [9.17, 15) is 18.0 Å². The number of rotatable bonds is 3. The zero-order valence-corrected chi connectivity index (χ0v) is 14.6. The average molecular weight is 375 g/mol. The van der Waals surface area contributed by atoms with Crippen LogP contribution in [-0.2, 0) is 10.0 Å². The fourth-order valence-electron chi connectivity index (χ4n) is 2.78. The fraction of sp³-hybridized carbons (Fsp3) is 0.429. The number of hydrogen-bond acceptors (Lipinski definition) is 5. The Balaban J connectivity index is 0.00000208. The van der Waals surface area contributed by atoms with Gasteiger partial charge in [0.25, 0.3) is 5.56 Å². The van der Waals surface area contributed by atoms with Crippen molar-refractivity contribution < 1.29 is 8.42 Å². The van der Waals surface area contributed by atoms with E-state index in [4.69, 9.17) is 0 Å². The summed E-state index contributed by atoms with van der Waals surface area (Å²) >= 11 is 0. The molecule has 8 nitrogen and oxygen atoms in total. The van der Waals surface area contributed by atoms with Gasteiger partial charge in [-0.25, -0.2) is 17.9 Å². The molecule has 2 aromatic rings. The Kier molecular flexibility index (Phi) is 5.49. The van der Waals surface area contributed by atoms with E-state index in [-0.39, 0.29) is 34.8 Å². The first-order chi connectivity index (χ1) is 10.9. The van der Waals surface area contributed by atoms with Crippen LogP contribution in [-0.4, -0.2) is 37.0 Å². The third kappa shape index (κ3) is 3.69. The van der Waals surface area contributed by atoms with Crippen molar-refractivity contribution in [1.82, 2.24) is 20.0 Å². The van der Waals surface area contributed by atoms with Gasteiger partial charge in [-0.2, -0.15) is 0 Å². The lowest BCUT2D eigenvalue weighted by Crippen LogP contribution is -2.51. The van der Waals surface area contributed by atoms with Crippen LogP contribution in [0.2, 0.25) is 0 Å². The summed E-state index contributed by atoms with van der Waals surface area (Å²) in [6, 6.07) is 3.91. The van der Waals surface area contributed by atoms with E-state index < -0.39 is 21.3 Å². The summed E-state index contributed by atoms with van der Waals surface area (Å²) in [5.74, 6) is 0. The van der Waals surface area contributed by atoms with Gasteiger partial charge >= 0.3 is 5.69 Å². The van der Waals surface area contributed by atoms with Crippen LogP contribution in [0, 0.1) is 0 Å². The highest BCUT2D eigenvalue weighted by atomic mass is 35.5. The molecule has 0 spiro atoms. The van der Waals surface area contributed by atoms with Gasteiger partial charge in [0.05, 0.1) is 15.8 Å². The van der Waals surface area contributed by atoms with E-state index in [1.807, 2.05) is 6.92 Å². The quantitative estimate of drug-likeness (QED) is 0.604. The van der Waals surface area contributed by atoms with E-state index in [0.717, 1.165) is 19.4 Å². The van der Waals surface area contributed by atoms with Gasteiger partial charge in [-0.3, -0.25) is 9.78 Å². The number of aromatic nitrogens is 2. The molecule has 1 aliphatic heterocycles. The third-order valence-corrected chi connectivity index (χ3v) is 5.58. The van der Waals surface area contributed by atoms with E-state index in [2.05, 4.69) is 20.0 Å². The number of sulfonamides is 1. The Morgan fingerprint density at radius 2 is 1.96 bits per heavy atom. The predicted octanol–water partition coefficient (Wildman–Crippen LogP) is 0.0570. The highest BCUT2D eigenvalue weighted by Gasteiger charge is 2.26. The Bertz CT molecular complexity index is 953. The van der Waals surface area contributed by atoms with Crippen LogP contribution in [0.3, 0.4) is 0 Å². The first-order valence-electron chi connectivity index (χ1n) is 7.39. The maximum Gasteiger partial charge on any atom is 0.326 e. The molecule has 3 rings (SSSR count). The minimum absolute atomic E-state index is 0. The van der Waals surface area contributed by atoms with Crippen molar-refractivity contribution in [2.45, 2.75) is 36.7 Å². The van der Waals surface area contributed by atoms with Gasteiger partial charge in [-0.05, 0) is 44.5 Å². The molecule has 0 radical (unpaired) electrons. The van der Waals surface area contributed by atoms with Crippen LogP contribution >= 0.6 is 12.4 Å². The van der Waals surface area contributed by atoms with Crippen molar-refractivity contribution in [3.8, 4) is 0 Å². The van der Waals surface area contributed by atoms with Crippen LogP contribution in [0.5, 0.6) is 0 Å². The van der Waals surface area contributed by atoms with Gasteiger partial charge < -0.3 is 10.3 Å². The van der Waals surface area contributed by atoms with Crippen molar-refractivity contribution in [1.29, 1.82) is 0 Å². The van der Waals surface area contributed by atoms with Crippen LogP contribution < -0.4 is 21.3 Å². The molecule has 1 aromatic carbocycles. The lowest BCUT2D eigenvalue weighted by Gasteiger charge is -2.30. The molecule has 1 aliphatic rings. The molecule has 132 valence electrons. The van der Waals surface area contributed by atoms with Crippen molar-refractivity contribution in [2.24, 2.45) is 0 Å². The fourth-order valence-corrected chi connectivity index (χ4v) is 4.16. The maximum atomic E-state index is 12.5. The number of aromatic amines is 2. The molecule has 0 bridgehead atoms. The van der Waals surface area contributed by atoms with Gasteiger partial charge in [0.15, 0.2) is 0 Å². The van der Waals surface area contributed by atoms with Gasteiger partial charge in [0.2, 0.25) is 10.0 Å². The molecule has 10 heteroatoms. The van der Waals surface area contributed by atoms with E-state index in [1.165, 1.54) is 18.2 Å². The number of halogens is 1. The van der Waals surface area contributed by atoms with Crippen molar-refractivity contribution in [2.75, 3.05) is 6.54 Å². The minimum atomic E-state index is -3.75. The van der Waals surface area contributed by atoms with Gasteiger partial charge in [0.1, 0.15) is 0 Å². The molecule has 2 heterocycles. The maximum absolute atomic E-state index is 12.5.